The third-order valence-corrected chi connectivity index (χ3v) is 8.74. The van der Waals surface area contributed by atoms with Gasteiger partial charge in [-0.1, -0.05) is 72.8 Å². The highest BCUT2D eigenvalue weighted by atomic mass is 32.2. The van der Waals surface area contributed by atoms with E-state index in [-0.39, 0.29) is 23.7 Å². The summed E-state index contributed by atoms with van der Waals surface area (Å²) in [7, 11) is -3.96. The van der Waals surface area contributed by atoms with Crippen molar-refractivity contribution in [2.24, 2.45) is 0 Å². The number of hydrogen-bond acceptors (Lipinski definition) is 5. The van der Waals surface area contributed by atoms with E-state index in [0.29, 0.717) is 28.5 Å². The summed E-state index contributed by atoms with van der Waals surface area (Å²) in [6, 6.07) is 31.2. The summed E-state index contributed by atoms with van der Waals surface area (Å²) >= 11 is 0. The van der Waals surface area contributed by atoms with Crippen LogP contribution >= 0.6 is 0 Å². The third kappa shape index (κ3) is 5.38. The van der Waals surface area contributed by atoms with Gasteiger partial charge in [0.2, 0.25) is 15.8 Å². The fourth-order valence-corrected chi connectivity index (χ4v) is 6.18. The lowest BCUT2D eigenvalue weighted by Crippen LogP contribution is -2.32. The standard InChI is InChI=1S/C32H26N2O5S/c1-22-29-19-27(15-16-30(29)39-31(22)32(35)36)40(37,38)34(18-17-23-7-3-2-4-8-23)21-24-11-13-25(14-12-24)28-10-6-5-9-26(28)20-33/h2-16,19H,17-18,21H2,1H3,(H,35,36). The highest BCUT2D eigenvalue weighted by molar-refractivity contribution is 7.89. The van der Waals surface area contributed by atoms with Gasteiger partial charge in [0.05, 0.1) is 16.5 Å². The average Bonchev–Trinajstić information content (AvgIpc) is 3.32. The van der Waals surface area contributed by atoms with E-state index in [1.807, 2.05) is 72.8 Å². The first-order valence-electron chi connectivity index (χ1n) is 12.7. The van der Waals surface area contributed by atoms with Gasteiger partial charge >= 0.3 is 5.97 Å². The van der Waals surface area contributed by atoms with Crippen LogP contribution in [0.2, 0.25) is 0 Å². The SMILES string of the molecule is Cc1c(C(=O)O)oc2ccc(S(=O)(=O)N(CCc3ccccc3)Cc3ccc(-c4ccccc4C#N)cc3)cc12. The average molecular weight is 551 g/mol. The van der Waals surface area contributed by atoms with Crippen LogP contribution in [0.1, 0.15) is 32.8 Å². The molecule has 7 nitrogen and oxygen atoms in total. The Bertz CT molecular complexity index is 1840. The number of carboxylic acid groups (broad SMARTS) is 1. The molecule has 0 radical (unpaired) electrons. The number of fused-ring (bicyclic) bond motifs is 1. The molecule has 0 fully saturated rings. The summed E-state index contributed by atoms with van der Waals surface area (Å²) in [6.07, 6.45) is 0.518. The van der Waals surface area contributed by atoms with Crippen LogP contribution in [0.4, 0.5) is 0 Å². The number of nitriles is 1. The number of furan rings is 1. The second-order valence-electron chi connectivity index (χ2n) is 9.45. The smallest absolute Gasteiger partial charge is 0.372 e. The van der Waals surface area contributed by atoms with E-state index in [2.05, 4.69) is 6.07 Å². The van der Waals surface area contributed by atoms with Gasteiger partial charge in [-0.2, -0.15) is 9.57 Å². The van der Waals surface area contributed by atoms with Gasteiger partial charge in [-0.25, -0.2) is 13.2 Å². The summed E-state index contributed by atoms with van der Waals surface area (Å²) in [5, 5.41) is 19.3. The van der Waals surface area contributed by atoms with Gasteiger partial charge in [0.1, 0.15) is 5.58 Å². The summed E-state index contributed by atoms with van der Waals surface area (Å²) < 4.78 is 34.8. The molecule has 0 bridgehead atoms. The lowest BCUT2D eigenvalue weighted by molar-refractivity contribution is 0.0664. The fourth-order valence-electron chi connectivity index (χ4n) is 4.72. The molecule has 0 aliphatic carbocycles. The Morgan fingerprint density at radius 3 is 2.33 bits per heavy atom. The predicted molar refractivity (Wildman–Crippen MR) is 152 cm³/mol. The fraction of sp³-hybridized carbons (Fsp3) is 0.125. The van der Waals surface area contributed by atoms with Gasteiger partial charge in [-0.05, 0) is 59.9 Å². The van der Waals surface area contributed by atoms with Crippen molar-refractivity contribution in [2.45, 2.75) is 24.8 Å². The van der Waals surface area contributed by atoms with Crippen LogP contribution in [-0.2, 0) is 23.0 Å². The van der Waals surface area contributed by atoms with Gasteiger partial charge in [0.25, 0.3) is 0 Å². The minimum Gasteiger partial charge on any atom is -0.475 e. The van der Waals surface area contributed by atoms with E-state index in [1.165, 1.54) is 22.5 Å². The molecule has 5 aromatic rings. The molecule has 40 heavy (non-hydrogen) atoms. The highest BCUT2D eigenvalue weighted by Crippen LogP contribution is 2.30. The highest BCUT2D eigenvalue weighted by Gasteiger charge is 2.27. The zero-order valence-corrected chi connectivity index (χ0v) is 22.6. The molecular weight excluding hydrogens is 524 g/mol. The summed E-state index contributed by atoms with van der Waals surface area (Å²) in [4.78, 5) is 11.6. The monoisotopic (exact) mass is 550 g/mol. The molecule has 0 aliphatic heterocycles. The maximum atomic E-state index is 14.0. The topological polar surface area (TPSA) is 112 Å². The molecule has 0 unspecified atom stereocenters. The number of aryl methyl sites for hydroxylation is 1. The number of rotatable bonds is 9. The molecule has 1 N–H and O–H groups in total. The first-order valence-corrected chi connectivity index (χ1v) is 14.1. The maximum absolute atomic E-state index is 14.0. The van der Waals surface area contributed by atoms with E-state index in [9.17, 15) is 23.6 Å². The minimum absolute atomic E-state index is 0.0634. The molecule has 0 spiro atoms. The van der Waals surface area contributed by atoms with Crippen molar-refractivity contribution >= 4 is 27.0 Å². The van der Waals surface area contributed by atoms with E-state index < -0.39 is 16.0 Å². The van der Waals surface area contributed by atoms with Crippen LogP contribution in [0.5, 0.6) is 0 Å². The summed E-state index contributed by atoms with van der Waals surface area (Å²) in [5.74, 6) is -1.41. The molecule has 0 atom stereocenters. The van der Waals surface area contributed by atoms with Gasteiger partial charge in [-0.3, -0.25) is 0 Å². The van der Waals surface area contributed by atoms with Crippen molar-refractivity contribution in [3.05, 3.63) is 125 Å². The van der Waals surface area contributed by atoms with Crippen LogP contribution in [0.25, 0.3) is 22.1 Å². The Kier molecular flexibility index (Phi) is 7.52. The summed E-state index contributed by atoms with van der Waals surface area (Å²) in [5.41, 5.74) is 4.76. The zero-order valence-electron chi connectivity index (χ0n) is 21.7. The lowest BCUT2D eigenvalue weighted by atomic mass is 9.99. The lowest BCUT2D eigenvalue weighted by Gasteiger charge is -2.23. The number of sulfonamides is 1. The van der Waals surface area contributed by atoms with E-state index in [0.717, 1.165) is 22.3 Å². The van der Waals surface area contributed by atoms with Crippen molar-refractivity contribution in [3.63, 3.8) is 0 Å². The Hall–Kier alpha value is -4.71. The molecular formula is C32H26N2O5S. The van der Waals surface area contributed by atoms with Crippen LogP contribution in [0.15, 0.2) is 106 Å². The first kappa shape index (κ1) is 26.9. The van der Waals surface area contributed by atoms with Crippen LogP contribution in [-0.4, -0.2) is 30.3 Å². The minimum atomic E-state index is -3.96. The molecule has 4 aromatic carbocycles. The number of benzene rings is 4. The zero-order chi connectivity index (χ0) is 28.3. The van der Waals surface area contributed by atoms with Crippen molar-refractivity contribution in [3.8, 4) is 17.2 Å². The molecule has 1 heterocycles. The quantitative estimate of drug-likeness (QED) is 0.227. The Labute approximate surface area is 232 Å². The van der Waals surface area contributed by atoms with E-state index in [4.69, 9.17) is 4.42 Å². The van der Waals surface area contributed by atoms with Crippen molar-refractivity contribution in [1.82, 2.24) is 4.31 Å². The van der Waals surface area contributed by atoms with E-state index >= 15 is 0 Å². The predicted octanol–water partition coefficient (Wildman–Crippen LogP) is 6.41. The molecule has 0 saturated heterocycles. The molecule has 5 rings (SSSR count). The van der Waals surface area contributed by atoms with E-state index in [1.54, 1.807) is 13.0 Å². The van der Waals surface area contributed by atoms with Gasteiger partial charge in [-0.15, -0.1) is 0 Å². The Morgan fingerprint density at radius 1 is 0.925 bits per heavy atom. The first-order chi connectivity index (χ1) is 19.3. The number of aromatic carboxylic acids is 1. The van der Waals surface area contributed by atoms with Crippen LogP contribution < -0.4 is 0 Å². The van der Waals surface area contributed by atoms with Crippen LogP contribution in [0.3, 0.4) is 0 Å². The number of nitrogens with zero attached hydrogens (tertiary/aromatic N) is 2. The van der Waals surface area contributed by atoms with Gasteiger partial charge in [0, 0.05) is 24.0 Å². The molecule has 8 heteroatoms. The van der Waals surface area contributed by atoms with Crippen molar-refractivity contribution in [2.75, 3.05) is 6.54 Å². The largest absolute Gasteiger partial charge is 0.475 e. The van der Waals surface area contributed by atoms with Gasteiger partial charge < -0.3 is 9.52 Å². The number of carboxylic acids is 1. The maximum Gasteiger partial charge on any atom is 0.372 e. The third-order valence-electron chi connectivity index (χ3n) is 6.90. The second kappa shape index (κ2) is 11.2. The number of carbonyl (C=O) groups is 1. The molecule has 0 saturated carbocycles. The Morgan fingerprint density at radius 2 is 1.62 bits per heavy atom. The normalized spacial score (nSPS) is 11.5. The van der Waals surface area contributed by atoms with Crippen LogP contribution in [0, 0.1) is 18.3 Å². The van der Waals surface area contributed by atoms with Crippen molar-refractivity contribution in [1.29, 1.82) is 5.26 Å². The molecule has 1 aromatic heterocycles. The molecule has 0 amide bonds. The second-order valence-corrected chi connectivity index (χ2v) is 11.4. The molecule has 0 aliphatic rings. The molecule has 200 valence electrons. The Balaban J connectivity index is 1.48. The summed E-state index contributed by atoms with van der Waals surface area (Å²) in [6.45, 7) is 1.98. The van der Waals surface area contributed by atoms with Crippen molar-refractivity contribution < 1.29 is 22.7 Å². The number of hydrogen-bond donors (Lipinski definition) is 1. The van der Waals surface area contributed by atoms with Gasteiger partial charge in [0.15, 0.2) is 0 Å².